The number of hydrogen-bond donors (Lipinski definition) is 1. The number of carbonyl (C=O) groups excluding carboxylic acids is 2. The average molecular weight is 408 g/mol. The van der Waals surface area contributed by atoms with Gasteiger partial charge >= 0.3 is 5.97 Å². The SMILES string of the molecule is Cc1ccc(S(=O)(=O)Nc2cccc(C(=O)O[C@H](C)C(=O)N(C)C)c2)cc1F. The molecule has 28 heavy (non-hydrogen) atoms. The summed E-state index contributed by atoms with van der Waals surface area (Å²) in [5.74, 6) is -1.79. The Morgan fingerprint density at radius 2 is 1.82 bits per heavy atom. The van der Waals surface area contributed by atoms with E-state index in [0.29, 0.717) is 5.56 Å². The number of rotatable bonds is 6. The predicted molar refractivity (Wildman–Crippen MR) is 102 cm³/mol. The molecule has 0 aromatic heterocycles. The van der Waals surface area contributed by atoms with E-state index in [9.17, 15) is 22.4 Å². The van der Waals surface area contributed by atoms with Gasteiger partial charge in [-0.05, 0) is 49.7 Å². The van der Waals surface area contributed by atoms with E-state index in [1.54, 1.807) is 0 Å². The number of nitrogens with one attached hydrogen (secondary N) is 1. The Bertz CT molecular complexity index is 1010. The second-order valence-corrected chi connectivity index (χ2v) is 8.06. The van der Waals surface area contributed by atoms with Crippen molar-refractivity contribution in [3.63, 3.8) is 0 Å². The molecule has 0 fully saturated rings. The van der Waals surface area contributed by atoms with E-state index in [1.165, 1.54) is 69.2 Å². The van der Waals surface area contributed by atoms with Gasteiger partial charge in [0.1, 0.15) is 5.82 Å². The highest BCUT2D eigenvalue weighted by Crippen LogP contribution is 2.20. The molecule has 150 valence electrons. The van der Waals surface area contributed by atoms with Crippen molar-refractivity contribution in [2.75, 3.05) is 18.8 Å². The lowest BCUT2D eigenvalue weighted by molar-refractivity contribution is -0.137. The summed E-state index contributed by atoms with van der Waals surface area (Å²) >= 11 is 0. The lowest BCUT2D eigenvalue weighted by atomic mass is 10.2. The molecule has 0 unspecified atom stereocenters. The molecule has 1 amide bonds. The Hall–Kier alpha value is -2.94. The van der Waals surface area contributed by atoms with Crippen molar-refractivity contribution in [3.8, 4) is 0 Å². The van der Waals surface area contributed by atoms with Crippen LogP contribution in [0, 0.1) is 12.7 Å². The van der Waals surface area contributed by atoms with E-state index in [1.807, 2.05) is 0 Å². The first kappa shape index (κ1) is 21.4. The molecule has 1 N–H and O–H groups in total. The number of amides is 1. The molecule has 0 spiro atoms. The molecule has 0 aliphatic carbocycles. The summed E-state index contributed by atoms with van der Waals surface area (Å²) in [6.07, 6.45) is -0.988. The van der Waals surface area contributed by atoms with Gasteiger partial charge in [-0.25, -0.2) is 17.6 Å². The van der Waals surface area contributed by atoms with Gasteiger partial charge in [-0.15, -0.1) is 0 Å². The van der Waals surface area contributed by atoms with Crippen LogP contribution < -0.4 is 4.72 Å². The Balaban J connectivity index is 2.19. The third-order valence-electron chi connectivity index (χ3n) is 3.88. The Kier molecular flexibility index (Phi) is 6.40. The van der Waals surface area contributed by atoms with E-state index in [0.717, 1.165) is 6.07 Å². The molecule has 7 nitrogen and oxygen atoms in total. The third-order valence-corrected chi connectivity index (χ3v) is 5.26. The number of hydrogen-bond acceptors (Lipinski definition) is 5. The maximum Gasteiger partial charge on any atom is 0.338 e. The largest absolute Gasteiger partial charge is 0.449 e. The normalized spacial score (nSPS) is 12.2. The van der Waals surface area contributed by atoms with Gasteiger partial charge in [0.25, 0.3) is 15.9 Å². The minimum absolute atomic E-state index is 0.0636. The highest BCUT2D eigenvalue weighted by molar-refractivity contribution is 7.92. The molecule has 0 heterocycles. The number of aryl methyl sites for hydroxylation is 1. The van der Waals surface area contributed by atoms with Crippen molar-refractivity contribution >= 4 is 27.6 Å². The van der Waals surface area contributed by atoms with Crippen molar-refractivity contribution in [1.29, 1.82) is 0 Å². The molecule has 0 aliphatic heterocycles. The van der Waals surface area contributed by atoms with E-state index in [2.05, 4.69) is 4.72 Å². The van der Waals surface area contributed by atoms with Crippen LogP contribution in [0.2, 0.25) is 0 Å². The van der Waals surface area contributed by atoms with Gasteiger partial charge in [0.2, 0.25) is 0 Å². The fourth-order valence-electron chi connectivity index (χ4n) is 2.31. The molecule has 0 aliphatic rings. The Morgan fingerprint density at radius 3 is 2.43 bits per heavy atom. The van der Waals surface area contributed by atoms with Gasteiger partial charge in [-0.3, -0.25) is 9.52 Å². The number of likely N-dealkylation sites (N-methyl/N-ethyl adjacent to an activating group) is 1. The number of sulfonamides is 1. The van der Waals surface area contributed by atoms with Gasteiger partial charge in [0.05, 0.1) is 10.5 Å². The quantitative estimate of drug-likeness (QED) is 0.742. The topological polar surface area (TPSA) is 92.8 Å². The van der Waals surface area contributed by atoms with Crippen molar-refractivity contribution in [1.82, 2.24) is 4.90 Å². The first-order valence-electron chi connectivity index (χ1n) is 8.32. The first-order chi connectivity index (χ1) is 13.0. The standard InChI is InChI=1S/C19H21FN2O5S/c1-12-8-9-16(11-17(12)20)28(25,26)21-15-7-5-6-14(10-15)19(24)27-13(2)18(23)22(3)4/h5-11,13,21H,1-4H3/t13-/m1/s1. The maximum atomic E-state index is 13.7. The van der Waals surface area contributed by atoms with Crippen LogP contribution in [-0.4, -0.2) is 45.4 Å². The molecule has 1 atom stereocenters. The summed E-state index contributed by atoms with van der Waals surface area (Å²) in [6.45, 7) is 2.97. The van der Waals surface area contributed by atoms with Gasteiger partial charge in [-0.2, -0.15) is 0 Å². The molecule has 2 rings (SSSR count). The van der Waals surface area contributed by atoms with E-state index in [-0.39, 0.29) is 22.1 Å². The molecule has 0 radical (unpaired) electrons. The average Bonchev–Trinajstić information content (AvgIpc) is 2.62. The van der Waals surface area contributed by atoms with E-state index >= 15 is 0 Å². The summed E-state index contributed by atoms with van der Waals surface area (Å²) in [7, 11) is -0.970. The Morgan fingerprint density at radius 1 is 1.14 bits per heavy atom. The fraction of sp³-hybridized carbons (Fsp3) is 0.263. The predicted octanol–water partition coefficient (Wildman–Crippen LogP) is 2.57. The highest BCUT2D eigenvalue weighted by atomic mass is 32.2. The van der Waals surface area contributed by atoms with E-state index < -0.39 is 27.9 Å². The molecule has 0 saturated carbocycles. The van der Waals surface area contributed by atoms with Crippen LogP contribution in [0.3, 0.4) is 0 Å². The van der Waals surface area contributed by atoms with Gasteiger partial charge in [0, 0.05) is 19.8 Å². The van der Waals surface area contributed by atoms with Crippen LogP contribution in [0.15, 0.2) is 47.4 Å². The van der Waals surface area contributed by atoms with Crippen molar-refractivity contribution in [2.24, 2.45) is 0 Å². The lowest BCUT2D eigenvalue weighted by Crippen LogP contribution is -2.34. The van der Waals surface area contributed by atoms with Crippen LogP contribution in [-0.2, 0) is 19.6 Å². The van der Waals surface area contributed by atoms with Crippen LogP contribution in [0.4, 0.5) is 10.1 Å². The third kappa shape index (κ3) is 5.07. The van der Waals surface area contributed by atoms with Crippen molar-refractivity contribution in [3.05, 3.63) is 59.4 Å². The number of halogens is 1. The van der Waals surface area contributed by atoms with Crippen LogP contribution in [0.1, 0.15) is 22.8 Å². The summed E-state index contributed by atoms with van der Waals surface area (Å²) in [5.41, 5.74) is 0.487. The van der Waals surface area contributed by atoms with Crippen molar-refractivity contribution < 1.29 is 27.1 Å². The zero-order valence-electron chi connectivity index (χ0n) is 15.9. The number of anilines is 1. The molecular weight excluding hydrogens is 387 g/mol. The molecule has 2 aromatic rings. The lowest BCUT2D eigenvalue weighted by Gasteiger charge is -2.17. The van der Waals surface area contributed by atoms with Crippen LogP contribution in [0.25, 0.3) is 0 Å². The number of benzene rings is 2. The van der Waals surface area contributed by atoms with Crippen molar-refractivity contribution in [2.45, 2.75) is 24.8 Å². The van der Waals surface area contributed by atoms with Crippen LogP contribution >= 0.6 is 0 Å². The zero-order valence-corrected chi connectivity index (χ0v) is 16.7. The molecule has 2 aromatic carbocycles. The maximum absolute atomic E-state index is 13.7. The summed E-state index contributed by atoms with van der Waals surface area (Å²) < 4.78 is 46.0. The number of ether oxygens (including phenoxy) is 1. The second kappa shape index (κ2) is 8.39. The molecular formula is C19H21FN2O5S. The summed E-state index contributed by atoms with van der Waals surface area (Å²) in [5, 5.41) is 0. The summed E-state index contributed by atoms with van der Waals surface area (Å²) in [6, 6.07) is 9.17. The smallest absolute Gasteiger partial charge is 0.338 e. The summed E-state index contributed by atoms with van der Waals surface area (Å²) in [4.78, 5) is 25.1. The second-order valence-electron chi connectivity index (χ2n) is 6.38. The molecule has 9 heteroatoms. The Labute approximate surface area is 163 Å². The fourth-order valence-corrected chi connectivity index (χ4v) is 3.37. The van der Waals surface area contributed by atoms with Gasteiger partial charge < -0.3 is 9.64 Å². The number of esters is 1. The van der Waals surface area contributed by atoms with Gasteiger partial charge in [0.15, 0.2) is 6.10 Å². The van der Waals surface area contributed by atoms with Crippen LogP contribution in [0.5, 0.6) is 0 Å². The minimum atomic E-state index is -4.05. The number of carbonyl (C=O) groups is 2. The highest BCUT2D eigenvalue weighted by Gasteiger charge is 2.21. The molecule has 0 saturated heterocycles. The zero-order chi connectivity index (χ0) is 21.1. The first-order valence-corrected chi connectivity index (χ1v) is 9.81. The minimum Gasteiger partial charge on any atom is -0.449 e. The number of nitrogens with zero attached hydrogens (tertiary/aromatic N) is 1. The van der Waals surface area contributed by atoms with E-state index in [4.69, 9.17) is 4.74 Å². The monoisotopic (exact) mass is 408 g/mol. The van der Waals surface area contributed by atoms with Gasteiger partial charge in [-0.1, -0.05) is 12.1 Å². The molecule has 0 bridgehead atoms.